The summed E-state index contributed by atoms with van der Waals surface area (Å²) in [4.78, 5) is 2.23. The molecule has 0 aromatic carbocycles. The van der Waals surface area contributed by atoms with Gasteiger partial charge in [0.2, 0.25) is 0 Å². The third-order valence-electron chi connectivity index (χ3n) is 2.74. The second kappa shape index (κ2) is 5.48. The van der Waals surface area contributed by atoms with E-state index in [4.69, 9.17) is 9.15 Å². The Morgan fingerprint density at radius 1 is 1.50 bits per heavy atom. The van der Waals surface area contributed by atoms with Crippen molar-refractivity contribution in [3.05, 3.63) is 23.7 Å². The van der Waals surface area contributed by atoms with Gasteiger partial charge in [-0.15, -0.1) is 0 Å². The lowest BCUT2D eigenvalue weighted by Gasteiger charge is -2.27. The Labute approximate surface area is 96.6 Å². The normalized spacial score (nSPS) is 21.6. The van der Waals surface area contributed by atoms with Gasteiger partial charge < -0.3 is 14.5 Å². The number of morpholine rings is 1. The molecule has 1 aromatic rings. The predicted molar refractivity (Wildman–Crippen MR) is 62.4 cm³/mol. The summed E-state index contributed by atoms with van der Waals surface area (Å²) < 4.78 is 11.2. The highest BCUT2D eigenvalue weighted by Crippen LogP contribution is 2.09. The summed E-state index contributed by atoms with van der Waals surface area (Å²) in [6, 6.07) is 4.04. The van der Waals surface area contributed by atoms with Crippen LogP contribution in [-0.4, -0.2) is 44.3 Å². The van der Waals surface area contributed by atoms with E-state index >= 15 is 0 Å². The molecule has 1 unspecified atom stereocenters. The van der Waals surface area contributed by atoms with Gasteiger partial charge in [0.1, 0.15) is 11.5 Å². The molecule has 1 fully saturated rings. The first-order valence-corrected chi connectivity index (χ1v) is 5.80. The first-order valence-electron chi connectivity index (χ1n) is 5.80. The lowest BCUT2D eigenvalue weighted by Crippen LogP contribution is -2.44. The van der Waals surface area contributed by atoms with E-state index in [0.29, 0.717) is 6.10 Å². The van der Waals surface area contributed by atoms with Crippen LogP contribution in [-0.2, 0) is 11.3 Å². The van der Waals surface area contributed by atoms with Gasteiger partial charge in [0.05, 0.1) is 19.3 Å². The largest absolute Gasteiger partial charge is 0.465 e. The summed E-state index contributed by atoms with van der Waals surface area (Å²) in [7, 11) is 2.09. The van der Waals surface area contributed by atoms with Crippen molar-refractivity contribution in [3.8, 4) is 0 Å². The van der Waals surface area contributed by atoms with E-state index < -0.39 is 0 Å². The zero-order chi connectivity index (χ0) is 11.4. The third-order valence-corrected chi connectivity index (χ3v) is 2.74. The fourth-order valence-corrected chi connectivity index (χ4v) is 1.99. The molecule has 1 aliphatic heterocycles. The van der Waals surface area contributed by atoms with E-state index in [9.17, 15) is 0 Å². The van der Waals surface area contributed by atoms with Gasteiger partial charge in [0.15, 0.2) is 0 Å². The van der Waals surface area contributed by atoms with Crippen molar-refractivity contribution in [2.75, 3.05) is 33.3 Å². The number of ether oxygens (including phenoxy) is 1. The SMILES string of the molecule is Cc1ccc(CN(C)CC2CNCCO2)o1. The molecular weight excluding hydrogens is 204 g/mol. The van der Waals surface area contributed by atoms with Gasteiger partial charge in [-0.05, 0) is 26.1 Å². The average molecular weight is 224 g/mol. The third kappa shape index (κ3) is 3.33. The smallest absolute Gasteiger partial charge is 0.118 e. The van der Waals surface area contributed by atoms with Crippen LogP contribution < -0.4 is 5.32 Å². The zero-order valence-electron chi connectivity index (χ0n) is 10.0. The summed E-state index contributed by atoms with van der Waals surface area (Å²) >= 11 is 0. The van der Waals surface area contributed by atoms with Crippen molar-refractivity contribution in [3.63, 3.8) is 0 Å². The zero-order valence-corrected chi connectivity index (χ0v) is 10.0. The van der Waals surface area contributed by atoms with Crippen LogP contribution in [0.4, 0.5) is 0 Å². The molecule has 1 aromatic heterocycles. The quantitative estimate of drug-likeness (QED) is 0.828. The topological polar surface area (TPSA) is 37.6 Å². The minimum absolute atomic E-state index is 0.301. The van der Waals surface area contributed by atoms with Gasteiger partial charge >= 0.3 is 0 Å². The Hall–Kier alpha value is -0.840. The number of hydrogen-bond donors (Lipinski definition) is 1. The molecule has 4 heteroatoms. The number of likely N-dealkylation sites (N-methyl/N-ethyl adjacent to an activating group) is 1. The maximum atomic E-state index is 5.66. The monoisotopic (exact) mass is 224 g/mol. The highest BCUT2D eigenvalue weighted by molar-refractivity contribution is 5.05. The van der Waals surface area contributed by atoms with E-state index in [1.54, 1.807) is 0 Å². The van der Waals surface area contributed by atoms with Crippen LogP contribution in [0.25, 0.3) is 0 Å². The van der Waals surface area contributed by atoms with E-state index in [2.05, 4.69) is 17.3 Å². The molecule has 1 saturated heterocycles. The molecule has 16 heavy (non-hydrogen) atoms. The number of nitrogens with zero attached hydrogens (tertiary/aromatic N) is 1. The summed E-state index contributed by atoms with van der Waals surface area (Å²) in [5, 5.41) is 3.33. The van der Waals surface area contributed by atoms with Crippen LogP contribution in [0.2, 0.25) is 0 Å². The Kier molecular flexibility index (Phi) is 3.98. The molecule has 4 nitrogen and oxygen atoms in total. The fraction of sp³-hybridized carbons (Fsp3) is 0.667. The summed E-state index contributed by atoms with van der Waals surface area (Å²) in [6.07, 6.45) is 0.301. The molecule has 0 saturated carbocycles. The Morgan fingerprint density at radius 3 is 3.00 bits per heavy atom. The molecular formula is C12H20N2O2. The molecule has 0 bridgehead atoms. The van der Waals surface area contributed by atoms with Crippen LogP contribution in [0.15, 0.2) is 16.5 Å². The molecule has 0 aliphatic carbocycles. The highest BCUT2D eigenvalue weighted by atomic mass is 16.5. The Bertz CT molecular complexity index is 319. The standard InChI is InChI=1S/C12H20N2O2/c1-10-3-4-11(16-10)8-14(2)9-12-7-13-5-6-15-12/h3-4,12-13H,5-9H2,1-2H3. The van der Waals surface area contributed by atoms with Crippen molar-refractivity contribution in [1.29, 1.82) is 0 Å². The van der Waals surface area contributed by atoms with Gasteiger partial charge in [-0.1, -0.05) is 0 Å². The second-order valence-corrected chi connectivity index (χ2v) is 4.41. The highest BCUT2D eigenvalue weighted by Gasteiger charge is 2.15. The van der Waals surface area contributed by atoms with Gasteiger partial charge in [0, 0.05) is 19.6 Å². The van der Waals surface area contributed by atoms with E-state index in [1.807, 2.05) is 19.1 Å². The molecule has 0 amide bonds. The van der Waals surface area contributed by atoms with Crippen LogP contribution in [0.1, 0.15) is 11.5 Å². The fourth-order valence-electron chi connectivity index (χ4n) is 1.99. The number of nitrogens with one attached hydrogen (secondary N) is 1. The molecule has 1 aliphatic rings. The van der Waals surface area contributed by atoms with E-state index in [1.165, 1.54) is 0 Å². The predicted octanol–water partition coefficient (Wildman–Crippen LogP) is 1.01. The van der Waals surface area contributed by atoms with Crippen molar-refractivity contribution in [2.45, 2.75) is 19.6 Å². The van der Waals surface area contributed by atoms with Gasteiger partial charge in [-0.25, -0.2) is 0 Å². The molecule has 0 spiro atoms. The Balaban J connectivity index is 1.77. The molecule has 1 N–H and O–H groups in total. The van der Waals surface area contributed by atoms with Gasteiger partial charge in [-0.3, -0.25) is 4.90 Å². The van der Waals surface area contributed by atoms with Crippen molar-refractivity contribution in [2.24, 2.45) is 0 Å². The lowest BCUT2D eigenvalue weighted by atomic mass is 10.3. The van der Waals surface area contributed by atoms with Crippen LogP contribution in [0.5, 0.6) is 0 Å². The van der Waals surface area contributed by atoms with Gasteiger partial charge in [0.25, 0.3) is 0 Å². The van der Waals surface area contributed by atoms with Crippen molar-refractivity contribution < 1.29 is 9.15 Å². The first kappa shape index (κ1) is 11.6. The minimum Gasteiger partial charge on any atom is -0.465 e. The van der Waals surface area contributed by atoms with Crippen molar-refractivity contribution >= 4 is 0 Å². The van der Waals surface area contributed by atoms with Crippen molar-refractivity contribution in [1.82, 2.24) is 10.2 Å². The molecule has 0 radical (unpaired) electrons. The van der Waals surface area contributed by atoms with Crippen LogP contribution in [0.3, 0.4) is 0 Å². The average Bonchev–Trinajstić information content (AvgIpc) is 2.65. The van der Waals surface area contributed by atoms with E-state index in [0.717, 1.165) is 44.3 Å². The minimum atomic E-state index is 0.301. The molecule has 2 heterocycles. The number of hydrogen-bond acceptors (Lipinski definition) is 4. The molecule has 1 atom stereocenters. The number of aryl methyl sites for hydroxylation is 1. The first-order chi connectivity index (χ1) is 7.74. The van der Waals surface area contributed by atoms with Crippen LogP contribution in [0, 0.1) is 6.92 Å². The second-order valence-electron chi connectivity index (χ2n) is 4.41. The van der Waals surface area contributed by atoms with Crippen LogP contribution >= 0.6 is 0 Å². The maximum absolute atomic E-state index is 5.66. The van der Waals surface area contributed by atoms with Gasteiger partial charge in [-0.2, -0.15) is 0 Å². The number of furan rings is 1. The summed E-state index contributed by atoms with van der Waals surface area (Å²) in [6.45, 7) is 6.48. The molecule has 2 rings (SSSR count). The summed E-state index contributed by atoms with van der Waals surface area (Å²) in [5.74, 6) is 1.99. The lowest BCUT2D eigenvalue weighted by molar-refractivity contribution is 0.00794. The summed E-state index contributed by atoms with van der Waals surface area (Å²) in [5.41, 5.74) is 0. The maximum Gasteiger partial charge on any atom is 0.118 e. The number of rotatable bonds is 4. The van der Waals surface area contributed by atoms with E-state index in [-0.39, 0.29) is 0 Å². The Morgan fingerprint density at radius 2 is 2.38 bits per heavy atom. The molecule has 90 valence electrons.